The number of halogens is 4. The van der Waals surface area contributed by atoms with E-state index in [-0.39, 0.29) is 18.7 Å². The van der Waals surface area contributed by atoms with E-state index < -0.39 is 18.6 Å². The minimum atomic E-state index is -4.25. The number of thiazole rings is 1. The first kappa shape index (κ1) is 26.7. The predicted molar refractivity (Wildman–Crippen MR) is 140 cm³/mol. The van der Waals surface area contributed by atoms with Crippen molar-refractivity contribution in [2.75, 3.05) is 50.1 Å². The maximum Gasteiger partial charge on any atom is 0.401 e. The van der Waals surface area contributed by atoms with Crippen molar-refractivity contribution in [1.82, 2.24) is 15.2 Å². The summed E-state index contributed by atoms with van der Waals surface area (Å²) in [6, 6.07) is 5.05. The first-order valence-corrected chi connectivity index (χ1v) is 12.4. The fraction of sp³-hybridized carbons (Fsp3) is 0.292. The lowest BCUT2D eigenvalue weighted by atomic mass is 10.1. The number of piperazine rings is 1. The minimum Gasteiger partial charge on any atom is -0.496 e. The summed E-state index contributed by atoms with van der Waals surface area (Å²) in [5.41, 5.74) is 1.22. The van der Waals surface area contributed by atoms with Gasteiger partial charge < -0.3 is 20.3 Å². The molecule has 2 aromatic rings. The Hall–Kier alpha value is -3.35. The highest BCUT2D eigenvalue weighted by Crippen LogP contribution is 2.42. The van der Waals surface area contributed by atoms with Crippen LogP contribution in [0.3, 0.4) is 0 Å². The molecule has 4 rings (SSSR count). The van der Waals surface area contributed by atoms with Gasteiger partial charge in [0.15, 0.2) is 5.13 Å². The second-order valence-corrected chi connectivity index (χ2v) is 9.51. The molecule has 1 amide bonds. The van der Waals surface area contributed by atoms with Gasteiger partial charge in [0.2, 0.25) is 0 Å². The van der Waals surface area contributed by atoms with Crippen LogP contribution in [0.4, 0.5) is 23.3 Å². The summed E-state index contributed by atoms with van der Waals surface area (Å²) >= 11 is 7.47. The predicted octanol–water partition coefficient (Wildman–Crippen LogP) is 4.68. The number of hydrogen-bond donors (Lipinski definition) is 2. The second-order valence-electron chi connectivity index (χ2n) is 8.10. The minimum absolute atomic E-state index is 0.223. The third-order valence-corrected chi connectivity index (χ3v) is 6.88. The number of carbonyl (C=O) groups is 1. The Morgan fingerprint density at radius 1 is 1.32 bits per heavy atom. The van der Waals surface area contributed by atoms with Gasteiger partial charge in [-0.25, -0.2) is 9.98 Å². The Labute approximate surface area is 220 Å². The van der Waals surface area contributed by atoms with Crippen molar-refractivity contribution in [1.29, 1.82) is 0 Å². The van der Waals surface area contributed by atoms with E-state index in [9.17, 15) is 18.0 Å². The number of rotatable bonds is 7. The fourth-order valence-electron chi connectivity index (χ4n) is 3.87. The molecule has 0 bridgehead atoms. The molecule has 3 heterocycles. The summed E-state index contributed by atoms with van der Waals surface area (Å²) in [5, 5.41) is 7.24. The highest BCUT2D eigenvalue weighted by molar-refractivity contribution is 7.20. The van der Waals surface area contributed by atoms with Crippen molar-refractivity contribution in [3.8, 4) is 17.0 Å². The molecule has 13 heteroatoms. The number of allylic oxidation sites excluding steroid dienone is 1. The van der Waals surface area contributed by atoms with Gasteiger partial charge in [0.25, 0.3) is 5.91 Å². The van der Waals surface area contributed by atoms with Crippen molar-refractivity contribution < 1.29 is 22.7 Å². The van der Waals surface area contributed by atoms with E-state index in [2.05, 4.69) is 22.2 Å². The first-order valence-electron chi connectivity index (χ1n) is 11.2. The molecule has 0 atom stereocenters. The van der Waals surface area contributed by atoms with E-state index in [1.807, 2.05) is 4.90 Å². The molecule has 2 aliphatic heterocycles. The first-order chi connectivity index (χ1) is 17.7. The van der Waals surface area contributed by atoms with Crippen LogP contribution in [0.2, 0.25) is 5.02 Å². The Bertz CT molecular complexity index is 1270. The van der Waals surface area contributed by atoms with Gasteiger partial charge >= 0.3 is 6.18 Å². The molecule has 1 saturated heterocycles. The van der Waals surface area contributed by atoms with Crippen molar-refractivity contribution in [3.63, 3.8) is 0 Å². The van der Waals surface area contributed by atoms with Crippen LogP contribution in [0.5, 0.6) is 5.75 Å². The molecule has 0 aliphatic carbocycles. The van der Waals surface area contributed by atoms with E-state index in [0.717, 1.165) is 0 Å². The van der Waals surface area contributed by atoms with Gasteiger partial charge in [0, 0.05) is 49.2 Å². The van der Waals surface area contributed by atoms with Gasteiger partial charge in [-0.1, -0.05) is 35.6 Å². The average Bonchev–Trinajstić information content (AvgIpc) is 3.28. The molecular formula is C24H24ClF3N6O2S. The fourth-order valence-corrected chi connectivity index (χ4v) is 5.07. The molecule has 1 aromatic heterocycles. The van der Waals surface area contributed by atoms with E-state index in [1.165, 1.54) is 29.4 Å². The summed E-state index contributed by atoms with van der Waals surface area (Å²) in [4.78, 5) is 25.4. The largest absolute Gasteiger partial charge is 0.496 e. The molecule has 0 unspecified atom stereocenters. The maximum absolute atomic E-state index is 13.2. The summed E-state index contributed by atoms with van der Waals surface area (Å²) in [6.45, 7) is 3.97. The molecule has 1 aromatic carbocycles. The molecule has 37 heavy (non-hydrogen) atoms. The zero-order valence-electron chi connectivity index (χ0n) is 19.8. The zero-order chi connectivity index (χ0) is 26.6. The number of hydrogen-bond acceptors (Lipinski definition) is 8. The van der Waals surface area contributed by atoms with Crippen LogP contribution in [-0.4, -0.2) is 68.0 Å². The number of alkyl halides is 3. The summed E-state index contributed by atoms with van der Waals surface area (Å²) in [5.74, 6) is 0.373. The van der Waals surface area contributed by atoms with Crippen LogP contribution in [0, 0.1) is 0 Å². The smallest absolute Gasteiger partial charge is 0.401 e. The maximum atomic E-state index is 13.2. The standard InChI is InChI=1S/C24H24ClF3N6O2S/c1-3-16(20-29-7-4-8-30-20)21(35)32-22-19(17-13-15(25)5-6-18(17)36-2)31-23(37-22)34-11-9-33(10-12-34)14-24(26,27)28/h3-8,13,29H,1,9-12,14H2,2H3,(H,32,35)/b20-16-. The molecule has 8 nitrogen and oxygen atoms in total. The Kier molecular flexibility index (Phi) is 8.20. The van der Waals surface area contributed by atoms with Crippen LogP contribution >= 0.6 is 22.9 Å². The summed E-state index contributed by atoms with van der Waals surface area (Å²) < 4.78 is 43.9. The average molecular weight is 553 g/mol. The number of carbonyl (C=O) groups excluding carboxylic acids is 1. The zero-order valence-corrected chi connectivity index (χ0v) is 21.4. The summed E-state index contributed by atoms with van der Waals surface area (Å²) in [7, 11) is 1.51. The lowest BCUT2D eigenvalue weighted by Crippen LogP contribution is -2.49. The van der Waals surface area contributed by atoms with Gasteiger partial charge in [0.1, 0.15) is 22.3 Å². The van der Waals surface area contributed by atoms with E-state index in [0.29, 0.717) is 51.1 Å². The van der Waals surface area contributed by atoms with Gasteiger partial charge in [-0.15, -0.1) is 0 Å². The van der Waals surface area contributed by atoms with Gasteiger partial charge in [0.05, 0.1) is 19.2 Å². The van der Waals surface area contributed by atoms with Gasteiger partial charge in [-0.3, -0.25) is 9.69 Å². The van der Waals surface area contributed by atoms with Crippen molar-refractivity contribution in [2.24, 2.45) is 4.99 Å². The highest BCUT2D eigenvalue weighted by atomic mass is 35.5. The number of methoxy groups -OCH3 is 1. The molecule has 0 radical (unpaired) electrons. The van der Waals surface area contributed by atoms with Crippen molar-refractivity contribution in [2.45, 2.75) is 6.18 Å². The van der Waals surface area contributed by atoms with Gasteiger partial charge in [-0.2, -0.15) is 13.2 Å². The molecule has 2 aliphatic rings. The number of benzene rings is 1. The number of nitrogens with zero attached hydrogens (tertiary/aromatic N) is 4. The molecule has 0 spiro atoms. The second kappa shape index (κ2) is 11.4. The third-order valence-electron chi connectivity index (χ3n) is 5.62. The van der Waals surface area contributed by atoms with E-state index >= 15 is 0 Å². The van der Waals surface area contributed by atoms with Crippen LogP contribution in [0.1, 0.15) is 0 Å². The number of aliphatic imine (C=N–C) groups is 1. The highest BCUT2D eigenvalue weighted by Gasteiger charge is 2.33. The normalized spacial score (nSPS) is 17.4. The van der Waals surface area contributed by atoms with Crippen molar-refractivity contribution in [3.05, 3.63) is 59.5 Å². The lowest BCUT2D eigenvalue weighted by Gasteiger charge is -2.34. The van der Waals surface area contributed by atoms with Crippen LogP contribution < -0.4 is 20.3 Å². The molecule has 1 fully saturated rings. The molecule has 2 N–H and O–H groups in total. The number of amides is 1. The Balaban J connectivity index is 1.66. The summed E-state index contributed by atoms with van der Waals surface area (Å²) in [6.07, 6.45) is 2.03. The van der Waals surface area contributed by atoms with Crippen LogP contribution in [0.15, 0.2) is 59.5 Å². The van der Waals surface area contributed by atoms with E-state index in [1.54, 1.807) is 36.7 Å². The Morgan fingerprint density at radius 2 is 2.08 bits per heavy atom. The van der Waals surface area contributed by atoms with E-state index in [4.69, 9.17) is 21.3 Å². The number of aromatic nitrogens is 1. The quantitative estimate of drug-likeness (QED) is 0.486. The SMILES string of the molecule is C=C/C(C(=O)Nc1sc(N2CCN(CC(F)(F)F)CC2)nc1-c1cc(Cl)ccc1OC)=C1/N=CC=CN1. The third kappa shape index (κ3) is 6.51. The lowest BCUT2D eigenvalue weighted by molar-refractivity contribution is -0.146. The molecule has 196 valence electrons. The van der Waals surface area contributed by atoms with Crippen LogP contribution in [0.25, 0.3) is 11.3 Å². The topological polar surface area (TPSA) is 82.1 Å². The molecular weight excluding hydrogens is 529 g/mol. The van der Waals surface area contributed by atoms with Crippen LogP contribution in [-0.2, 0) is 4.79 Å². The van der Waals surface area contributed by atoms with Crippen molar-refractivity contribution >= 4 is 45.2 Å². The number of ether oxygens (including phenoxy) is 1. The monoisotopic (exact) mass is 552 g/mol. The Morgan fingerprint density at radius 3 is 2.70 bits per heavy atom. The number of anilines is 2. The number of nitrogens with one attached hydrogen (secondary N) is 2. The van der Waals surface area contributed by atoms with Gasteiger partial charge in [-0.05, 0) is 24.3 Å². The molecule has 0 saturated carbocycles.